The Balaban J connectivity index is 1.53. The van der Waals surface area contributed by atoms with Gasteiger partial charge in [-0.25, -0.2) is 0 Å². The molecule has 2 aromatic carbocycles. The zero-order valence-electron chi connectivity index (χ0n) is 12.9. The van der Waals surface area contributed by atoms with Crippen molar-refractivity contribution in [2.75, 3.05) is 11.1 Å². The first-order chi connectivity index (χ1) is 12.1. The third kappa shape index (κ3) is 5.42. The summed E-state index contributed by atoms with van der Waals surface area (Å²) in [6.07, 6.45) is 0.575. The van der Waals surface area contributed by atoms with Crippen molar-refractivity contribution in [1.29, 1.82) is 0 Å². The van der Waals surface area contributed by atoms with Crippen LogP contribution in [0.1, 0.15) is 11.5 Å². The summed E-state index contributed by atoms with van der Waals surface area (Å²) in [6, 6.07) is 15.5. The Bertz CT molecular complexity index is 871. The summed E-state index contributed by atoms with van der Waals surface area (Å²) in [7, 11) is 0. The first kappa shape index (κ1) is 18.2. The smallest absolute Gasteiger partial charge is 0.277 e. The Morgan fingerprint density at radius 3 is 2.72 bits per heavy atom. The lowest BCUT2D eigenvalue weighted by Crippen LogP contribution is -2.14. The molecule has 0 aliphatic heterocycles. The number of anilines is 1. The molecule has 0 bridgehead atoms. The Hall–Kier alpha value is -1.64. The van der Waals surface area contributed by atoms with E-state index in [-0.39, 0.29) is 11.7 Å². The number of thioether (sulfide) groups is 1. The third-order valence-corrected chi connectivity index (χ3v) is 5.18. The summed E-state index contributed by atoms with van der Waals surface area (Å²) < 4.78 is 7.28. The van der Waals surface area contributed by atoms with Crippen LogP contribution >= 0.6 is 43.6 Å². The summed E-state index contributed by atoms with van der Waals surface area (Å²) >= 11 is 8.00. The highest BCUT2D eigenvalue weighted by Gasteiger charge is 2.11. The van der Waals surface area contributed by atoms with E-state index >= 15 is 0 Å². The molecule has 0 saturated heterocycles. The molecule has 1 heterocycles. The van der Waals surface area contributed by atoms with Crippen LogP contribution in [0.2, 0.25) is 0 Å². The van der Waals surface area contributed by atoms with Crippen LogP contribution in [-0.2, 0) is 11.2 Å². The molecule has 1 amide bonds. The minimum absolute atomic E-state index is 0.147. The van der Waals surface area contributed by atoms with Crippen LogP contribution < -0.4 is 5.32 Å². The molecule has 0 saturated carbocycles. The molecule has 25 heavy (non-hydrogen) atoms. The SMILES string of the molecule is O=C(CSc1nnc(Cc2ccccc2)o1)Nc1cc(Br)ccc1Br. The highest BCUT2D eigenvalue weighted by atomic mass is 79.9. The molecule has 0 spiro atoms. The van der Waals surface area contributed by atoms with Crippen molar-refractivity contribution in [3.8, 4) is 0 Å². The predicted molar refractivity (Wildman–Crippen MR) is 105 cm³/mol. The van der Waals surface area contributed by atoms with Gasteiger partial charge in [0.15, 0.2) is 0 Å². The molecular weight excluding hydrogens is 470 g/mol. The second-order valence-electron chi connectivity index (χ2n) is 5.09. The van der Waals surface area contributed by atoms with Gasteiger partial charge in [0, 0.05) is 8.95 Å². The zero-order valence-corrected chi connectivity index (χ0v) is 16.9. The Kier molecular flexibility index (Phi) is 6.28. The number of halogens is 2. The molecule has 0 fully saturated rings. The molecule has 5 nitrogen and oxygen atoms in total. The molecule has 0 aliphatic carbocycles. The number of nitrogens with zero attached hydrogens (tertiary/aromatic N) is 2. The second kappa shape index (κ2) is 8.64. The number of aromatic nitrogens is 2. The fourth-order valence-electron chi connectivity index (χ4n) is 2.05. The van der Waals surface area contributed by atoms with Crippen molar-refractivity contribution < 1.29 is 9.21 Å². The number of benzene rings is 2. The fraction of sp³-hybridized carbons (Fsp3) is 0.118. The zero-order chi connectivity index (χ0) is 17.6. The van der Waals surface area contributed by atoms with Crippen molar-refractivity contribution >= 4 is 55.2 Å². The van der Waals surface area contributed by atoms with E-state index in [4.69, 9.17) is 4.42 Å². The molecule has 3 aromatic rings. The van der Waals surface area contributed by atoms with Gasteiger partial charge < -0.3 is 9.73 Å². The maximum absolute atomic E-state index is 12.1. The summed E-state index contributed by atoms with van der Waals surface area (Å²) in [6.45, 7) is 0. The van der Waals surface area contributed by atoms with E-state index < -0.39 is 0 Å². The van der Waals surface area contributed by atoms with Crippen LogP contribution in [0.25, 0.3) is 0 Å². The maximum Gasteiger partial charge on any atom is 0.277 e. The average Bonchev–Trinajstić information content (AvgIpc) is 3.05. The molecule has 3 rings (SSSR count). The Morgan fingerprint density at radius 2 is 1.92 bits per heavy atom. The highest BCUT2D eigenvalue weighted by molar-refractivity contribution is 9.11. The lowest BCUT2D eigenvalue weighted by Gasteiger charge is -2.06. The monoisotopic (exact) mass is 481 g/mol. The van der Waals surface area contributed by atoms with E-state index in [1.54, 1.807) is 0 Å². The van der Waals surface area contributed by atoms with Gasteiger partial charge in [-0.2, -0.15) is 0 Å². The molecule has 0 aliphatic rings. The minimum atomic E-state index is -0.147. The van der Waals surface area contributed by atoms with Gasteiger partial charge in [0.25, 0.3) is 5.22 Å². The summed E-state index contributed by atoms with van der Waals surface area (Å²) in [5.74, 6) is 0.571. The normalized spacial score (nSPS) is 10.6. The van der Waals surface area contributed by atoms with Gasteiger partial charge in [0.05, 0.1) is 17.9 Å². The number of carbonyl (C=O) groups is 1. The number of hydrogen-bond donors (Lipinski definition) is 1. The van der Waals surface area contributed by atoms with Crippen LogP contribution in [-0.4, -0.2) is 21.9 Å². The standard InChI is InChI=1S/C17H13Br2N3O2S/c18-12-6-7-13(19)14(9-12)20-15(23)10-25-17-22-21-16(24-17)8-11-4-2-1-3-5-11/h1-7,9H,8,10H2,(H,20,23). The highest BCUT2D eigenvalue weighted by Crippen LogP contribution is 2.26. The van der Waals surface area contributed by atoms with Gasteiger partial charge in [0.1, 0.15) is 0 Å². The van der Waals surface area contributed by atoms with E-state index in [0.29, 0.717) is 23.2 Å². The van der Waals surface area contributed by atoms with Crippen molar-refractivity contribution in [3.05, 3.63) is 68.9 Å². The second-order valence-corrected chi connectivity index (χ2v) is 7.78. The lowest BCUT2D eigenvalue weighted by molar-refractivity contribution is -0.113. The molecule has 0 atom stereocenters. The topological polar surface area (TPSA) is 68.0 Å². The van der Waals surface area contributed by atoms with E-state index in [1.165, 1.54) is 11.8 Å². The summed E-state index contributed by atoms with van der Waals surface area (Å²) in [4.78, 5) is 12.1. The van der Waals surface area contributed by atoms with Crippen LogP contribution in [0.15, 0.2) is 67.1 Å². The van der Waals surface area contributed by atoms with Crippen molar-refractivity contribution in [3.63, 3.8) is 0 Å². The fourth-order valence-corrected chi connectivity index (χ4v) is 3.33. The van der Waals surface area contributed by atoms with Crippen LogP contribution in [0, 0.1) is 0 Å². The van der Waals surface area contributed by atoms with Crippen LogP contribution in [0.3, 0.4) is 0 Å². The molecule has 0 unspecified atom stereocenters. The molecule has 128 valence electrons. The first-order valence-electron chi connectivity index (χ1n) is 7.34. The number of carbonyl (C=O) groups excluding carboxylic acids is 1. The average molecular weight is 483 g/mol. The van der Waals surface area contributed by atoms with Gasteiger partial charge >= 0.3 is 0 Å². The maximum atomic E-state index is 12.1. The van der Waals surface area contributed by atoms with E-state index in [1.807, 2.05) is 48.5 Å². The number of hydrogen-bond acceptors (Lipinski definition) is 5. The van der Waals surface area contributed by atoms with Crippen LogP contribution in [0.5, 0.6) is 0 Å². The van der Waals surface area contributed by atoms with Gasteiger partial charge in [-0.3, -0.25) is 4.79 Å². The van der Waals surface area contributed by atoms with E-state index in [0.717, 1.165) is 14.5 Å². The number of nitrogens with one attached hydrogen (secondary N) is 1. The molecular formula is C17H13Br2N3O2S. The van der Waals surface area contributed by atoms with Crippen molar-refractivity contribution in [1.82, 2.24) is 10.2 Å². The van der Waals surface area contributed by atoms with Gasteiger partial charge in [-0.1, -0.05) is 58.0 Å². The van der Waals surface area contributed by atoms with E-state index in [9.17, 15) is 4.79 Å². The van der Waals surface area contributed by atoms with Gasteiger partial charge in [-0.15, -0.1) is 10.2 Å². The number of rotatable bonds is 6. The van der Waals surface area contributed by atoms with Crippen molar-refractivity contribution in [2.45, 2.75) is 11.6 Å². The molecule has 1 N–H and O–H groups in total. The summed E-state index contributed by atoms with van der Waals surface area (Å²) in [5, 5.41) is 11.2. The molecule has 0 radical (unpaired) electrons. The molecule has 8 heteroatoms. The van der Waals surface area contributed by atoms with Gasteiger partial charge in [-0.05, 0) is 39.7 Å². The number of amides is 1. The predicted octanol–water partition coefficient (Wildman–Crippen LogP) is 4.92. The van der Waals surface area contributed by atoms with Crippen molar-refractivity contribution in [2.24, 2.45) is 0 Å². The van der Waals surface area contributed by atoms with Crippen LogP contribution in [0.4, 0.5) is 5.69 Å². The van der Waals surface area contributed by atoms with E-state index in [2.05, 4.69) is 47.4 Å². The quantitative estimate of drug-likeness (QED) is 0.505. The summed E-state index contributed by atoms with van der Waals surface area (Å²) in [5.41, 5.74) is 1.80. The lowest BCUT2D eigenvalue weighted by atomic mass is 10.2. The largest absolute Gasteiger partial charge is 0.416 e. The Labute approximate surface area is 165 Å². The third-order valence-electron chi connectivity index (χ3n) is 3.18. The first-order valence-corrected chi connectivity index (χ1v) is 9.91. The van der Waals surface area contributed by atoms with Gasteiger partial charge in [0.2, 0.25) is 11.8 Å². The molecule has 1 aromatic heterocycles. The minimum Gasteiger partial charge on any atom is -0.416 e. The Morgan fingerprint density at radius 1 is 1.12 bits per heavy atom.